The molecule has 0 saturated heterocycles. The van der Waals surface area contributed by atoms with Gasteiger partial charge in [-0.15, -0.1) is 0 Å². The van der Waals surface area contributed by atoms with Gasteiger partial charge in [-0.25, -0.2) is 0 Å². The summed E-state index contributed by atoms with van der Waals surface area (Å²) in [5.74, 6) is -0.624. The number of amides is 1. The van der Waals surface area contributed by atoms with E-state index >= 15 is 0 Å². The standard InChI is InChI=1S/C11H21N3O3S/c1-3-6-12-11(18)13-7-4-5-9(15)14-8-10(16)17-2/h3-8H2,1-2H3,(H,14,15)(H2,12,13,18). The molecule has 0 aromatic heterocycles. The first-order chi connectivity index (χ1) is 8.60. The van der Waals surface area contributed by atoms with Crippen LogP contribution in [0.2, 0.25) is 0 Å². The number of carbonyl (C=O) groups excluding carboxylic acids is 2. The maximum atomic E-state index is 11.3. The van der Waals surface area contributed by atoms with E-state index in [0.717, 1.165) is 13.0 Å². The number of thiocarbonyl (C=S) groups is 1. The third-order valence-corrected chi connectivity index (χ3v) is 2.35. The van der Waals surface area contributed by atoms with E-state index in [2.05, 4.69) is 27.6 Å². The van der Waals surface area contributed by atoms with Crippen LogP contribution >= 0.6 is 12.2 Å². The number of hydrogen-bond donors (Lipinski definition) is 3. The molecule has 0 aliphatic rings. The summed E-state index contributed by atoms with van der Waals surface area (Å²) in [6.45, 7) is 3.44. The summed E-state index contributed by atoms with van der Waals surface area (Å²) in [7, 11) is 1.28. The zero-order valence-corrected chi connectivity index (χ0v) is 11.7. The van der Waals surface area contributed by atoms with Gasteiger partial charge in [0.1, 0.15) is 6.54 Å². The largest absolute Gasteiger partial charge is 0.468 e. The minimum Gasteiger partial charge on any atom is -0.468 e. The van der Waals surface area contributed by atoms with Crippen LogP contribution in [0, 0.1) is 0 Å². The lowest BCUT2D eigenvalue weighted by Crippen LogP contribution is -2.36. The summed E-state index contributed by atoms with van der Waals surface area (Å²) in [4.78, 5) is 22.0. The van der Waals surface area contributed by atoms with Gasteiger partial charge < -0.3 is 20.7 Å². The Kier molecular flexibility index (Phi) is 9.94. The van der Waals surface area contributed by atoms with Gasteiger partial charge in [-0.05, 0) is 25.1 Å². The molecule has 6 nitrogen and oxygen atoms in total. The number of esters is 1. The summed E-state index contributed by atoms with van der Waals surface area (Å²) >= 11 is 5.02. The second-order valence-corrected chi connectivity index (χ2v) is 4.05. The highest BCUT2D eigenvalue weighted by Crippen LogP contribution is 1.87. The highest BCUT2D eigenvalue weighted by Gasteiger charge is 2.04. The van der Waals surface area contributed by atoms with Gasteiger partial charge in [0.2, 0.25) is 5.91 Å². The van der Waals surface area contributed by atoms with Crippen LogP contribution in [0.4, 0.5) is 0 Å². The van der Waals surface area contributed by atoms with Gasteiger partial charge in [-0.1, -0.05) is 6.92 Å². The first kappa shape index (κ1) is 16.6. The van der Waals surface area contributed by atoms with Crippen LogP contribution in [0.1, 0.15) is 26.2 Å². The molecule has 0 heterocycles. The van der Waals surface area contributed by atoms with Crippen molar-refractivity contribution in [2.24, 2.45) is 0 Å². The van der Waals surface area contributed by atoms with Crippen molar-refractivity contribution in [2.45, 2.75) is 26.2 Å². The Hall–Kier alpha value is -1.37. The molecule has 3 N–H and O–H groups in total. The average molecular weight is 275 g/mol. The average Bonchev–Trinajstić information content (AvgIpc) is 2.38. The van der Waals surface area contributed by atoms with Crippen molar-refractivity contribution >= 4 is 29.2 Å². The molecule has 0 aliphatic carbocycles. The fourth-order valence-electron chi connectivity index (χ4n) is 1.08. The predicted molar refractivity (Wildman–Crippen MR) is 73.2 cm³/mol. The topological polar surface area (TPSA) is 79.5 Å². The molecule has 104 valence electrons. The minimum absolute atomic E-state index is 0.0841. The van der Waals surface area contributed by atoms with Gasteiger partial charge in [0.25, 0.3) is 0 Å². The van der Waals surface area contributed by atoms with Gasteiger partial charge >= 0.3 is 5.97 Å². The highest BCUT2D eigenvalue weighted by molar-refractivity contribution is 7.80. The molecule has 0 fully saturated rings. The molecule has 18 heavy (non-hydrogen) atoms. The van der Waals surface area contributed by atoms with Gasteiger partial charge in [-0.2, -0.15) is 0 Å². The third kappa shape index (κ3) is 9.83. The molecule has 0 aliphatic heterocycles. The van der Waals surface area contributed by atoms with E-state index in [9.17, 15) is 9.59 Å². The lowest BCUT2D eigenvalue weighted by Gasteiger charge is -2.09. The predicted octanol–water partition coefficient (Wildman–Crippen LogP) is -0.0701. The summed E-state index contributed by atoms with van der Waals surface area (Å²) in [6, 6.07) is 0. The molecule has 0 saturated carbocycles. The van der Waals surface area contributed by atoms with E-state index in [1.807, 2.05) is 0 Å². The van der Waals surface area contributed by atoms with E-state index in [1.165, 1.54) is 7.11 Å². The van der Waals surface area contributed by atoms with Gasteiger partial charge in [-0.3, -0.25) is 9.59 Å². The number of rotatable bonds is 8. The van der Waals surface area contributed by atoms with E-state index in [-0.39, 0.29) is 12.5 Å². The molecule has 0 bridgehead atoms. The van der Waals surface area contributed by atoms with Crippen molar-refractivity contribution in [2.75, 3.05) is 26.7 Å². The van der Waals surface area contributed by atoms with E-state index in [0.29, 0.717) is 24.5 Å². The summed E-state index contributed by atoms with van der Waals surface area (Å²) in [6.07, 6.45) is 2.01. The smallest absolute Gasteiger partial charge is 0.325 e. The molecule has 7 heteroatoms. The lowest BCUT2D eigenvalue weighted by atomic mass is 10.3. The van der Waals surface area contributed by atoms with Gasteiger partial charge in [0, 0.05) is 19.5 Å². The van der Waals surface area contributed by atoms with Crippen LogP contribution in [0.5, 0.6) is 0 Å². The van der Waals surface area contributed by atoms with Crippen molar-refractivity contribution in [3.05, 3.63) is 0 Å². The Morgan fingerprint density at radius 1 is 1.17 bits per heavy atom. The zero-order chi connectivity index (χ0) is 13.8. The highest BCUT2D eigenvalue weighted by atomic mass is 32.1. The summed E-state index contributed by atoms with van der Waals surface area (Å²) < 4.78 is 4.40. The number of methoxy groups -OCH3 is 1. The molecule has 1 amide bonds. The van der Waals surface area contributed by atoms with E-state index in [4.69, 9.17) is 12.2 Å². The normalized spacial score (nSPS) is 9.44. The molecule has 0 spiro atoms. The van der Waals surface area contributed by atoms with Crippen molar-refractivity contribution in [3.63, 3.8) is 0 Å². The Morgan fingerprint density at radius 3 is 2.44 bits per heavy atom. The van der Waals surface area contributed by atoms with E-state index < -0.39 is 5.97 Å². The number of hydrogen-bond acceptors (Lipinski definition) is 4. The van der Waals surface area contributed by atoms with Crippen LogP contribution in [0.15, 0.2) is 0 Å². The Labute approximate surface area is 113 Å². The second kappa shape index (κ2) is 10.8. The van der Waals surface area contributed by atoms with Crippen LogP contribution < -0.4 is 16.0 Å². The molecule has 0 atom stereocenters. The van der Waals surface area contributed by atoms with Crippen LogP contribution in [-0.4, -0.2) is 43.7 Å². The quantitative estimate of drug-likeness (QED) is 0.327. The van der Waals surface area contributed by atoms with Crippen LogP contribution in [-0.2, 0) is 14.3 Å². The third-order valence-electron chi connectivity index (χ3n) is 2.06. The number of nitrogens with one attached hydrogen (secondary N) is 3. The maximum Gasteiger partial charge on any atom is 0.325 e. The fraction of sp³-hybridized carbons (Fsp3) is 0.727. The molecule has 0 unspecified atom stereocenters. The maximum absolute atomic E-state index is 11.3. The summed E-state index contributed by atoms with van der Waals surface area (Å²) in [5, 5.41) is 9.09. The van der Waals surface area contributed by atoms with Gasteiger partial charge in [0.15, 0.2) is 5.11 Å². The van der Waals surface area contributed by atoms with Crippen molar-refractivity contribution < 1.29 is 14.3 Å². The van der Waals surface area contributed by atoms with E-state index in [1.54, 1.807) is 0 Å². The summed E-state index contributed by atoms with van der Waals surface area (Å²) in [5.41, 5.74) is 0. The molecule has 0 aromatic carbocycles. The fourth-order valence-corrected chi connectivity index (χ4v) is 1.29. The second-order valence-electron chi connectivity index (χ2n) is 3.64. The molecular formula is C11H21N3O3S. The van der Waals surface area contributed by atoms with Crippen molar-refractivity contribution in [1.82, 2.24) is 16.0 Å². The van der Waals surface area contributed by atoms with Gasteiger partial charge in [0.05, 0.1) is 7.11 Å². The number of carbonyl (C=O) groups is 2. The SMILES string of the molecule is CCCNC(=S)NCCCC(=O)NCC(=O)OC. The van der Waals surface area contributed by atoms with Crippen molar-refractivity contribution in [1.29, 1.82) is 0 Å². The van der Waals surface area contributed by atoms with Crippen LogP contribution in [0.25, 0.3) is 0 Å². The minimum atomic E-state index is -0.452. The molecule has 0 radical (unpaired) electrons. The van der Waals surface area contributed by atoms with Crippen LogP contribution in [0.3, 0.4) is 0 Å². The zero-order valence-electron chi connectivity index (χ0n) is 10.9. The molecule has 0 rings (SSSR count). The monoisotopic (exact) mass is 275 g/mol. The van der Waals surface area contributed by atoms with Crippen molar-refractivity contribution in [3.8, 4) is 0 Å². The molecule has 0 aromatic rings. The molecular weight excluding hydrogens is 254 g/mol. The lowest BCUT2D eigenvalue weighted by molar-refractivity contribution is -0.141. The first-order valence-electron chi connectivity index (χ1n) is 5.95. The first-order valence-corrected chi connectivity index (χ1v) is 6.36. The number of ether oxygens (including phenoxy) is 1. The Bertz CT molecular complexity index is 285. The Balaban J connectivity index is 3.45. The Morgan fingerprint density at radius 2 is 1.83 bits per heavy atom.